The molecule has 0 unspecified atom stereocenters. The Kier molecular flexibility index (Phi) is 2.17. The minimum absolute atomic E-state index is 0.444. The van der Waals surface area contributed by atoms with Crippen LogP contribution in [-0.4, -0.2) is 11.7 Å². The number of fused-ring (bicyclic) bond motifs is 1. The number of nitrogens with one attached hydrogen (secondary N) is 1. The molecule has 1 heterocycles. The molecule has 0 saturated carbocycles. The number of aromatic hydroxyl groups is 1. The van der Waals surface area contributed by atoms with Crippen molar-refractivity contribution in [3.63, 3.8) is 0 Å². The first kappa shape index (κ1) is 9.22. The molecular formula is C13H17NO. The summed E-state index contributed by atoms with van der Waals surface area (Å²) in [6, 6.07) is 4.40. The van der Waals surface area contributed by atoms with E-state index in [0.717, 1.165) is 13.0 Å². The highest BCUT2D eigenvalue weighted by molar-refractivity contribution is 5.45. The van der Waals surface area contributed by atoms with Crippen molar-refractivity contribution in [1.82, 2.24) is 5.32 Å². The summed E-state index contributed by atoms with van der Waals surface area (Å²) in [6.45, 7) is 1.12. The highest BCUT2D eigenvalue weighted by Crippen LogP contribution is 2.35. The average Bonchev–Trinajstić information content (AvgIpc) is 2.86. The van der Waals surface area contributed by atoms with Gasteiger partial charge in [0.05, 0.1) is 0 Å². The molecule has 2 heteroatoms. The van der Waals surface area contributed by atoms with Gasteiger partial charge in [-0.15, -0.1) is 0 Å². The number of benzene rings is 1. The van der Waals surface area contributed by atoms with E-state index >= 15 is 0 Å². The van der Waals surface area contributed by atoms with Crippen LogP contribution in [0.1, 0.15) is 42.0 Å². The van der Waals surface area contributed by atoms with E-state index in [0.29, 0.717) is 11.8 Å². The minimum atomic E-state index is 0.444. The first-order chi connectivity index (χ1) is 7.34. The zero-order valence-electron chi connectivity index (χ0n) is 8.92. The molecular weight excluding hydrogens is 186 g/mol. The maximum absolute atomic E-state index is 9.71. The van der Waals surface area contributed by atoms with Crippen molar-refractivity contribution >= 4 is 0 Å². The van der Waals surface area contributed by atoms with Crippen LogP contribution < -0.4 is 5.32 Å². The Labute approximate surface area is 90.3 Å². The van der Waals surface area contributed by atoms with Crippen molar-refractivity contribution in [2.24, 2.45) is 0 Å². The monoisotopic (exact) mass is 203 g/mol. The first-order valence-electron chi connectivity index (χ1n) is 5.92. The van der Waals surface area contributed by atoms with Gasteiger partial charge in [0.2, 0.25) is 0 Å². The molecule has 15 heavy (non-hydrogen) atoms. The number of rotatable bonds is 1. The topological polar surface area (TPSA) is 32.3 Å². The molecule has 2 N–H and O–H groups in total. The number of hydrogen-bond donors (Lipinski definition) is 2. The van der Waals surface area contributed by atoms with Crippen LogP contribution in [0.5, 0.6) is 5.75 Å². The third-order valence-electron chi connectivity index (χ3n) is 3.67. The first-order valence-corrected chi connectivity index (χ1v) is 5.92. The zero-order chi connectivity index (χ0) is 10.3. The second-order valence-corrected chi connectivity index (χ2v) is 4.68. The Morgan fingerprint density at radius 1 is 1.20 bits per heavy atom. The van der Waals surface area contributed by atoms with Crippen molar-refractivity contribution in [3.8, 4) is 5.75 Å². The summed E-state index contributed by atoms with van der Waals surface area (Å²) in [6.07, 6.45) is 6.07. The SMILES string of the molecule is Oc1cc2c(c([C@@H]3CCCN3)c1)CCC2. The highest BCUT2D eigenvalue weighted by atomic mass is 16.3. The molecule has 3 rings (SSSR count). The van der Waals surface area contributed by atoms with Gasteiger partial charge in [0.25, 0.3) is 0 Å². The molecule has 0 amide bonds. The lowest BCUT2D eigenvalue weighted by molar-refractivity contribution is 0.472. The van der Waals surface area contributed by atoms with Crippen molar-refractivity contribution in [3.05, 3.63) is 28.8 Å². The quantitative estimate of drug-likeness (QED) is 0.734. The maximum Gasteiger partial charge on any atom is 0.116 e. The molecule has 0 radical (unpaired) electrons. The summed E-state index contributed by atoms with van der Waals surface area (Å²) in [5, 5.41) is 13.2. The van der Waals surface area contributed by atoms with Gasteiger partial charge in [-0.1, -0.05) is 0 Å². The molecule has 1 aromatic rings. The number of phenols is 1. The third-order valence-corrected chi connectivity index (χ3v) is 3.67. The maximum atomic E-state index is 9.71. The van der Waals surface area contributed by atoms with E-state index in [9.17, 15) is 5.11 Å². The smallest absolute Gasteiger partial charge is 0.116 e. The van der Waals surface area contributed by atoms with E-state index in [1.54, 1.807) is 0 Å². The third kappa shape index (κ3) is 1.53. The largest absolute Gasteiger partial charge is 0.508 e. The summed E-state index contributed by atoms with van der Waals surface area (Å²) < 4.78 is 0. The van der Waals surface area contributed by atoms with Crippen molar-refractivity contribution in [2.45, 2.75) is 38.1 Å². The molecule has 0 aromatic heterocycles. The molecule has 1 saturated heterocycles. The fraction of sp³-hybridized carbons (Fsp3) is 0.538. The number of hydrogen-bond acceptors (Lipinski definition) is 2. The van der Waals surface area contributed by atoms with Gasteiger partial charge in [-0.2, -0.15) is 0 Å². The van der Waals surface area contributed by atoms with Gasteiger partial charge in [0.15, 0.2) is 0 Å². The van der Waals surface area contributed by atoms with E-state index < -0.39 is 0 Å². The van der Waals surface area contributed by atoms with Crippen LogP contribution in [0.4, 0.5) is 0 Å². The van der Waals surface area contributed by atoms with Gasteiger partial charge in [0.1, 0.15) is 5.75 Å². The molecule has 1 atom stereocenters. The van der Waals surface area contributed by atoms with Gasteiger partial charge in [-0.3, -0.25) is 0 Å². The minimum Gasteiger partial charge on any atom is -0.508 e. The molecule has 2 aliphatic rings. The molecule has 80 valence electrons. The van der Waals surface area contributed by atoms with Crippen LogP contribution in [0.3, 0.4) is 0 Å². The summed E-state index contributed by atoms with van der Waals surface area (Å²) in [4.78, 5) is 0. The van der Waals surface area contributed by atoms with E-state index in [2.05, 4.69) is 5.32 Å². The van der Waals surface area contributed by atoms with Gasteiger partial charge in [-0.05, 0) is 67.5 Å². The lowest BCUT2D eigenvalue weighted by atomic mass is 9.96. The fourth-order valence-electron chi connectivity index (χ4n) is 2.98. The van der Waals surface area contributed by atoms with E-state index in [1.807, 2.05) is 12.1 Å². The van der Waals surface area contributed by atoms with Crippen molar-refractivity contribution < 1.29 is 5.11 Å². The second kappa shape index (κ2) is 3.53. The zero-order valence-corrected chi connectivity index (χ0v) is 8.92. The second-order valence-electron chi connectivity index (χ2n) is 4.68. The standard InChI is InChI=1S/C13H17NO/c15-10-7-9-3-1-4-11(9)12(8-10)13-5-2-6-14-13/h7-8,13-15H,1-6H2/t13-/m0/s1. The Hall–Kier alpha value is -1.02. The van der Waals surface area contributed by atoms with E-state index in [1.165, 1.54) is 42.4 Å². The van der Waals surface area contributed by atoms with Crippen LogP contribution in [0.25, 0.3) is 0 Å². The molecule has 0 bridgehead atoms. The van der Waals surface area contributed by atoms with Gasteiger partial charge >= 0.3 is 0 Å². The molecule has 1 fully saturated rings. The van der Waals surface area contributed by atoms with Crippen molar-refractivity contribution in [1.29, 1.82) is 0 Å². The highest BCUT2D eigenvalue weighted by Gasteiger charge is 2.23. The van der Waals surface area contributed by atoms with Gasteiger partial charge in [0, 0.05) is 6.04 Å². The van der Waals surface area contributed by atoms with E-state index in [4.69, 9.17) is 0 Å². The number of phenolic OH excluding ortho intramolecular Hbond substituents is 1. The Bertz CT molecular complexity index is 380. The molecule has 0 spiro atoms. The normalized spacial score (nSPS) is 24.4. The Morgan fingerprint density at radius 3 is 2.93 bits per heavy atom. The van der Waals surface area contributed by atoms with Crippen LogP contribution in [0, 0.1) is 0 Å². The lowest BCUT2D eigenvalue weighted by Crippen LogP contribution is -2.14. The Morgan fingerprint density at radius 2 is 2.13 bits per heavy atom. The predicted octanol–water partition coefficient (Wildman–Crippen LogP) is 2.31. The summed E-state index contributed by atoms with van der Waals surface area (Å²) in [5.41, 5.74) is 4.24. The average molecular weight is 203 g/mol. The van der Waals surface area contributed by atoms with Gasteiger partial charge < -0.3 is 10.4 Å². The van der Waals surface area contributed by atoms with Crippen LogP contribution >= 0.6 is 0 Å². The molecule has 2 nitrogen and oxygen atoms in total. The lowest BCUT2D eigenvalue weighted by Gasteiger charge is -2.16. The fourth-order valence-corrected chi connectivity index (χ4v) is 2.98. The molecule has 1 aliphatic carbocycles. The predicted molar refractivity (Wildman–Crippen MR) is 60.1 cm³/mol. The van der Waals surface area contributed by atoms with Crippen LogP contribution in [0.2, 0.25) is 0 Å². The van der Waals surface area contributed by atoms with Gasteiger partial charge in [-0.25, -0.2) is 0 Å². The van der Waals surface area contributed by atoms with Crippen LogP contribution in [-0.2, 0) is 12.8 Å². The summed E-state index contributed by atoms with van der Waals surface area (Å²) in [5.74, 6) is 0.444. The Balaban J connectivity index is 2.05. The summed E-state index contributed by atoms with van der Waals surface area (Å²) >= 11 is 0. The van der Waals surface area contributed by atoms with Crippen molar-refractivity contribution in [2.75, 3.05) is 6.54 Å². The molecule has 1 aliphatic heterocycles. The van der Waals surface area contributed by atoms with E-state index in [-0.39, 0.29) is 0 Å². The molecule has 1 aromatic carbocycles. The number of aryl methyl sites for hydroxylation is 1. The summed E-state index contributed by atoms with van der Waals surface area (Å²) in [7, 11) is 0. The van der Waals surface area contributed by atoms with Crippen LogP contribution in [0.15, 0.2) is 12.1 Å².